The van der Waals surface area contributed by atoms with Crippen molar-refractivity contribution >= 4 is 16.8 Å². The number of aromatic nitrogens is 1. The minimum Gasteiger partial charge on any atom is -0.374 e. The molecule has 2 aliphatic heterocycles. The van der Waals surface area contributed by atoms with E-state index in [4.69, 9.17) is 4.74 Å². The molecule has 2 aliphatic rings. The Morgan fingerprint density at radius 1 is 1.29 bits per heavy atom. The highest BCUT2D eigenvalue weighted by Crippen LogP contribution is 2.28. The van der Waals surface area contributed by atoms with Crippen LogP contribution in [0.15, 0.2) is 18.2 Å². The van der Waals surface area contributed by atoms with Crippen LogP contribution in [0.5, 0.6) is 0 Å². The SMILES string of the molecule is Cc1[nH]c2c(C(=O)N3CCO[C@H]4CCN(C)C[C@@H]43)cccc2c1C. The molecule has 5 nitrogen and oxygen atoms in total. The van der Waals surface area contributed by atoms with Gasteiger partial charge in [-0.25, -0.2) is 0 Å². The molecule has 5 heteroatoms. The number of carbonyl (C=O) groups excluding carboxylic acids is 1. The molecule has 1 amide bonds. The van der Waals surface area contributed by atoms with E-state index in [0.717, 1.165) is 41.7 Å². The van der Waals surface area contributed by atoms with E-state index in [2.05, 4.69) is 36.8 Å². The van der Waals surface area contributed by atoms with Gasteiger partial charge in [-0.15, -0.1) is 0 Å². The Morgan fingerprint density at radius 3 is 2.96 bits per heavy atom. The van der Waals surface area contributed by atoms with Gasteiger partial charge >= 0.3 is 0 Å². The molecule has 2 saturated heterocycles. The minimum absolute atomic E-state index is 0.121. The Bertz CT molecular complexity index is 782. The fraction of sp³-hybridized carbons (Fsp3) is 0.526. The summed E-state index contributed by atoms with van der Waals surface area (Å²) >= 11 is 0. The van der Waals surface area contributed by atoms with Crippen LogP contribution < -0.4 is 0 Å². The third kappa shape index (κ3) is 2.43. The molecular weight excluding hydrogens is 302 g/mol. The summed E-state index contributed by atoms with van der Waals surface area (Å²) in [6, 6.07) is 6.16. The van der Waals surface area contributed by atoms with Crippen LogP contribution in [0.1, 0.15) is 28.0 Å². The Labute approximate surface area is 142 Å². The van der Waals surface area contributed by atoms with Gasteiger partial charge in [-0.2, -0.15) is 0 Å². The van der Waals surface area contributed by atoms with Crippen molar-refractivity contribution in [2.75, 3.05) is 33.3 Å². The number of H-pyrrole nitrogens is 1. The molecule has 0 bridgehead atoms. The maximum absolute atomic E-state index is 13.3. The van der Waals surface area contributed by atoms with Crippen molar-refractivity contribution in [1.29, 1.82) is 0 Å². The predicted octanol–water partition coefficient (Wildman–Crippen LogP) is 2.33. The first-order valence-electron chi connectivity index (χ1n) is 8.75. The Kier molecular flexibility index (Phi) is 3.85. The molecule has 24 heavy (non-hydrogen) atoms. The fourth-order valence-electron chi connectivity index (χ4n) is 4.10. The van der Waals surface area contributed by atoms with Crippen LogP contribution in [-0.2, 0) is 4.74 Å². The molecule has 2 aromatic rings. The molecule has 0 aliphatic carbocycles. The van der Waals surface area contributed by atoms with Crippen molar-refractivity contribution in [3.63, 3.8) is 0 Å². The van der Waals surface area contributed by atoms with Crippen LogP contribution in [0.25, 0.3) is 10.9 Å². The van der Waals surface area contributed by atoms with E-state index in [9.17, 15) is 4.79 Å². The lowest BCUT2D eigenvalue weighted by atomic mass is 9.97. The summed E-state index contributed by atoms with van der Waals surface area (Å²) in [5.74, 6) is 0.121. The van der Waals surface area contributed by atoms with E-state index < -0.39 is 0 Å². The van der Waals surface area contributed by atoms with Gasteiger partial charge in [0, 0.05) is 30.7 Å². The van der Waals surface area contributed by atoms with Gasteiger partial charge in [0.15, 0.2) is 0 Å². The molecule has 3 heterocycles. The van der Waals surface area contributed by atoms with E-state index >= 15 is 0 Å². The zero-order chi connectivity index (χ0) is 16.8. The molecule has 2 fully saturated rings. The van der Waals surface area contributed by atoms with E-state index in [-0.39, 0.29) is 18.1 Å². The number of hydrogen-bond donors (Lipinski definition) is 1. The summed E-state index contributed by atoms with van der Waals surface area (Å²) in [6.45, 7) is 7.38. The molecule has 4 rings (SSSR count). The average Bonchev–Trinajstić information content (AvgIpc) is 2.88. The van der Waals surface area contributed by atoms with Gasteiger partial charge in [-0.1, -0.05) is 12.1 Å². The number of carbonyl (C=O) groups is 1. The lowest BCUT2D eigenvalue weighted by Gasteiger charge is -2.46. The van der Waals surface area contributed by atoms with Gasteiger partial charge in [0.05, 0.1) is 29.8 Å². The highest BCUT2D eigenvalue weighted by atomic mass is 16.5. The number of nitrogens with one attached hydrogen (secondary N) is 1. The van der Waals surface area contributed by atoms with Gasteiger partial charge in [-0.3, -0.25) is 4.79 Å². The number of amides is 1. The number of para-hydroxylation sites is 1. The zero-order valence-corrected chi connectivity index (χ0v) is 14.6. The van der Waals surface area contributed by atoms with Crippen molar-refractivity contribution in [2.24, 2.45) is 0 Å². The second kappa shape index (κ2) is 5.90. The second-order valence-corrected chi connectivity index (χ2v) is 7.13. The first kappa shape index (κ1) is 15.7. The predicted molar refractivity (Wildman–Crippen MR) is 94.5 cm³/mol. The van der Waals surface area contributed by atoms with Crippen molar-refractivity contribution in [3.05, 3.63) is 35.0 Å². The number of piperidine rings is 1. The van der Waals surface area contributed by atoms with Crippen molar-refractivity contribution < 1.29 is 9.53 Å². The number of fused-ring (bicyclic) bond motifs is 2. The summed E-state index contributed by atoms with van der Waals surface area (Å²) in [5.41, 5.74) is 4.08. The molecule has 1 aromatic carbocycles. The molecule has 128 valence electrons. The van der Waals surface area contributed by atoms with Crippen molar-refractivity contribution in [1.82, 2.24) is 14.8 Å². The number of ether oxygens (including phenoxy) is 1. The minimum atomic E-state index is 0.121. The van der Waals surface area contributed by atoms with Gasteiger partial charge in [0.1, 0.15) is 0 Å². The number of nitrogens with zero attached hydrogens (tertiary/aromatic N) is 2. The maximum atomic E-state index is 13.3. The van der Waals surface area contributed by atoms with Gasteiger partial charge < -0.3 is 19.5 Å². The molecule has 2 atom stereocenters. The third-order valence-electron chi connectivity index (χ3n) is 5.62. The first-order valence-corrected chi connectivity index (χ1v) is 8.75. The Morgan fingerprint density at radius 2 is 2.12 bits per heavy atom. The lowest BCUT2D eigenvalue weighted by Crippen LogP contribution is -2.60. The largest absolute Gasteiger partial charge is 0.374 e. The average molecular weight is 327 g/mol. The highest BCUT2D eigenvalue weighted by molar-refractivity contribution is 6.06. The monoisotopic (exact) mass is 327 g/mol. The Hall–Kier alpha value is -1.85. The summed E-state index contributed by atoms with van der Waals surface area (Å²) in [7, 11) is 2.12. The van der Waals surface area contributed by atoms with E-state index in [1.165, 1.54) is 5.56 Å². The summed E-state index contributed by atoms with van der Waals surface area (Å²) in [5, 5.41) is 1.14. The number of likely N-dealkylation sites (tertiary alicyclic amines) is 1. The van der Waals surface area contributed by atoms with E-state index in [1.807, 2.05) is 17.0 Å². The highest BCUT2D eigenvalue weighted by Gasteiger charge is 2.39. The van der Waals surface area contributed by atoms with E-state index in [1.54, 1.807) is 0 Å². The zero-order valence-electron chi connectivity index (χ0n) is 14.6. The first-order chi connectivity index (χ1) is 11.6. The van der Waals surface area contributed by atoms with E-state index in [0.29, 0.717) is 13.2 Å². The number of likely N-dealkylation sites (N-methyl/N-ethyl adjacent to an activating group) is 1. The summed E-state index contributed by atoms with van der Waals surface area (Å²) in [6.07, 6.45) is 1.17. The lowest BCUT2D eigenvalue weighted by molar-refractivity contribution is -0.0869. The Balaban J connectivity index is 1.71. The van der Waals surface area contributed by atoms with Crippen LogP contribution in [0, 0.1) is 13.8 Å². The normalized spacial score (nSPS) is 25.0. The quantitative estimate of drug-likeness (QED) is 0.874. The van der Waals surface area contributed by atoms with Gasteiger partial charge in [0.25, 0.3) is 5.91 Å². The number of morpholine rings is 1. The van der Waals surface area contributed by atoms with Crippen LogP contribution in [-0.4, -0.2) is 66.1 Å². The number of benzene rings is 1. The summed E-state index contributed by atoms with van der Waals surface area (Å²) < 4.78 is 5.93. The van der Waals surface area contributed by atoms with Crippen molar-refractivity contribution in [3.8, 4) is 0 Å². The molecular formula is C19H25N3O2. The smallest absolute Gasteiger partial charge is 0.256 e. The van der Waals surface area contributed by atoms with Crippen LogP contribution in [0.3, 0.4) is 0 Å². The maximum Gasteiger partial charge on any atom is 0.256 e. The number of aromatic amines is 1. The van der Waals surface area contributed by atoms with Crippen LogP contribution >= 0.6 is 0 Å². The van der Waals surface area contributed by atoms with Crippen molar-refractivity contribution in [2.45, 2.75) is 32.4 Å². The third-order valence-corrected chi connectivity index (χ3v) is 5.62. The summed E-state index contributed by atoms with van der Waals surface area (Å²) in [4.78, 5) is 21.1. The van der Waals surface area contributed by atoms with Crippen LogP contribution in [0.2, 0.25) is 0 Å². The van der Waals surface area contributed by atoms with Gasteiger partial charge in [-0.05, 0) is 38.9 Å². The molecule has 1 N–H and O–H groups in total. The standard InChI is InChI=1S/C19H25N3O2/c1-12-13(2)20-18-14(12)5-4-6-15(18)19(23)22-9-10-24-17-7-8-21(3)11-16(17)22/h4-6,16-17,20H,7-11H2,1-3H3/t16-,17-/m0/s1. The topological polar surface area (TPSA) is 48.6 Å². The molecule has 1 aromatic heterocycles. The molecule has 0 spiro atoms. The van der Waals surface area contributed by atoms with Gasteiger partial charge in [0.2, 0.25) is 0 Å². The second-order valence-electron chi connectivity index (χ2n) is 7.13. The number of rotatable bonds is 1. The molecule has 0 saturated carbocycles. The van der Waals surface area contributed by atoms with Crippen LogP contribution in [0.4, 0.5) is 0 Å². The fourth-order valence-corrected chi connectivity index (χ4v) is 4.10. The molecule has 0 radical (unpaired) electrons. The molecule has 0 unspecified atom stereocenters. The number of aryl methyl sites for hydroxylation is 2. The number of hydrogen-bond acceptors (Lipinski definition) is 3.